The minimum atomic E-state index is -3.51. The van der Waals surface area contributed by atoms with Gasteiger partial charge in [0.1, 0.15) is 6.04 Å². The zero-order chi connectivity index (χ0) is 25.5. The fourth-order valence-corrected chi connectivity index (χ4v) is 4.63. The first kappa shape index (κ1) is 27.7. The first-order valence-corrected chi connectivity index (χ1v) is 13.4. The smallest absolute Gasteiger partial charge is 0.242 e. The predicted octanol–water partition coefficient (Wildman–Crippen LogP) is 4.22. The molecule has 0 radical (unpaired) electrons. The van der Waals surface area contributed by atoms with Gasteiger partial charge in [0.2, 0.25) is 21.8 Å². The van der Waals surface area contributed by atoms with Crippen molar-refractivity contribution in [3.8, 4) is 0 Å². The van der Waals surface area contributed by atoms with Crippen LogP contribution < -0.4 is 9.62 Å². The largest absolute Gasteiger partial charge is 0.350 e. The molecule has 34 heavy (non-hydrogen) atoms. The zero-order valence-electron chi connectivity index (χ0n) is 20.4. The maximum absolute atomic E-state index is 13.3. The standard InChI is InChI=1S/C25H34ClN3O4S/c1-19(24(31)27-25(2,3)4)28(18-20-12-9-10-15-22(20)26)23(30)16-11-17-29(34(5,32)33)21-13-7-6-8-14-21/h6-10,12-15,19H,11,16-18H2,1-5H3,(H,27,31)/t19-/m1/s1. The Morgan fingerprint density at radius 1 is 1.03 bits per heavy atom. The van der Waals surface area contributed by atoms with Gasteiger partial charge in [-0.05, 0) is 57.9 Å². The molecule has 0 saturated carbocycles. The van der Waals surface area contributed by atoms with E-state index in [0.717, 1.165) is 11.8 Å². The van der Waals surface area contributed by atoms with Gasteiger partial charge in [-0.1, -0.05) is 48.0 Å². The van der Waals surface area contributed by atoms with Crippen molar-refractivity contribution in [1.29, 1.82) is 0 Å². The molecule has 2 rings (SSSR count). The Kier molecular flexibility index (Phi) is 9.53. The van der Waals surface area contributed by atoms with Crippen LogP contribution in [0.25, 0.3) is 0 Å². The topological polar surface area (TPSA) is 86.8 Å². The van der Waals surface area contributed by atoms with E-state index in [9.17, 15) is 18.0 Å². The summed E-state index contributed by atoms with van der Waals surface area (Å²) in [7, 11) is -3.51. The number of para-hydroxylation sites is 1. The van der Waals surface area contributed by atoms with Crippen LogP contribution in [0.2, 0.25) is 5.02 Å². The van der Waals surface area contributed by atoms with Crippen LogP contribution in [0.3, 0.4) is 0 Å². The number of anilines is 1. The Labute approximate surface area is 208 Å². The molecule has 0 aliphatic rings. The van der Waals surface area contributed by atoms with Crippen molar-refractivity contribution in [3.63, 3.8) is 0 Å². The fourth-order valence-electron chi connectivity index (χ4n) is 3.46. The van der Waals surface area contributed by atoms with E-state index >= 15 is 0 Å². The Hall–Kier alpha value is -2.58. The lowest BCUT2D eigenvalue weighted by Crippen LogP contribution is -2.52. The summed E-state index contributed by atoms with van der Waals surface area (Å²) in [5.74, 6) is -0.520. The third kappa shape index (κ3) is 8.33. The van der Waals surface area contributed by atoms with Crippen molar-refractivity contribution in [2.24, 2.45) is 0 Å². The molecule has 2 amide bonds. The highest BCUT2D eigenvalue weighted by Gasteiger charge is 2.29. The van der Waals surface area contributed by atoms with Crippen molar-refractivity contribution >= 4 is 39.1 Å². The van der Waals surface area contributed by atoms with Crippen molar-refractivity contribution in [1.82, 2.24) is 10.2 Å². The number of hydrogen-bond acceptors (Lipinski definition) is 4. The summed E-state index contributed by atoms with van der Waals surface area (Å²) in [6.45, 7) is 7.63. The van der Waals surface area contributed by atoms with E-state index in [-0.39, 0.29) is 31.3 Å². The molecule has 0 aliphatic carbocycles. The average Bonchev–Trinajstić information content (AvgIpc) is 2.74. The number of carbonyl (C=O) groups is 2. The van der Waals surface area contributed by atoms with Gasteiger partial charge in [0.05, 0.1) is 11.9 Å². The molecule has 0 unspecified atom stereocenters. The first-order chi connectivity index (χ1) is 15.8. The van der Waals surface area contributed by atoms with Crippen LogP contribution in [0.1, 0.15) is 46.1 Å². The summed E-state index contributed by atoms with van der Waals surface area (Å²) in [5, 5.41) is 3.43. The summed E-state index contributed by atoms with van der Waals surface area (Å²) in [5.41, 5.74) is 0.828. The van der Waals surface area contributed by atoms with Crippen LogP contribution in [0.4, 0.5) is 5.69 Å². The van der Waals surface area contributed by atoms with Crippen LogP contribution in [0, 0.1) is 0 Å². The minimum absolute atomic E-state index is 0.0798. The van der Waals surface area contributed by atoms with E-state index in [1.165, 1.54) is 9.21 Å². The van der Waals surface area contributed by atoms with Crippen LogP contribution in [-0.2, 0) is 26.2 Å². The van der Waals surface area contributed by atoms with Crippen molar-refractivity contribution < 1.29 is 18.0 Å². The van der Waals surface area contributed by atoms with Gasteiger partial charge in [0.15, 0.2) is 0 Å². The van der Waals surface area contributed by atoms with E-state index in [1.807, 2.05) is 39.0 Å². The van der Waals surface area contributed by atoms with Crippen LogP contribution >= 0.6 is 11.6 Å². The van der Waals surface area contributed by atoms with E-state index in [2.05, 4.69) is 5.32 Å². The highest BCUT2D eigenvalue weighted by molar-refractivity contribution is 7.92. The Morgan fingerprint density at radius 3 is 2.18 bits per heavy atom. The number of hydrogen-bond donors (Lipinski definition) is 1. The summed E-state index contributed by atoms with van der Waals surface area (Å²) in [6.07, 6.45) is 1.52. The number of rotatable bonds is 10. The highest BCUT2D eigenvalue weighted by atomic mass is 35.5. The summed E-state index contributed by atoms with van der Waals surface area (Å²) >= 11 is 6.32. The monoisotopic (exact) mass is 507 g/mol. The molecule has 7 nitrogen and oxygen atoms in total. The maximum Gasteiger partial charge on any atom is 0.242 e. The summed E-state index contributed by atoms with van der Waals surface area (Å²) < 4.78 is 25.9. The first-order valence-electron chi connectivity index (χ1n) is 11.2. The molecule has 2 aromatic carbocycles. The second kappa shape index (κ2) is 11.7. The summed E-state index contributed by atoms with van der Waals surface area (Å²) in [4.78, 5) is 27.6. The lowest BCUT2D eigenvalue weighted by atomic mass is 10.1. The van der Waals surface area contributed by atoms with Crippen LogP contribution in [0.15, 0.2) is 54.6 Å². The summed E-state index contributed by atoms with van der Waals surface area (Å²) in [6, 6.07) is 15.2. The average molecular weight is 508 g/mol. The van der Waals surface area contributed by atoms with Crippen LogP contribution in [-0.4, -0.2) is 49.5 Å². The number of sulfonamides is 1. The molecule has 0 saturated heterocycles. The number of nitrogens with one attached hydrogen (secondary N) is 1. The molecular weight excluding hydrogens is 474 g/mol. The number of carbonyl (C=O) groups excluding carboxylic acids is 2. The molecule has 0 aromatic heterocycles. The molecule has 2 aromatic rings. The zero-order valence-corrected chi connectivity index (χ0v) is 22.0. The van der Waals surface area contributed by atoms with Gasteiger partial charge in [-0.2, -0.15) is 0 Å². The Balaban J connectivity index is 2.18. The third-order valence-electron chi connectivity index (χ3n) is 5.16. The quantitative estimate of drug-likeness (QED) is 0.521. The van der Waals surface area contributed by atoms with E-state index < -0.39 is 21.6 Å². The van der Waals surface area contributed by atoms with Gasteiger partial charge in [0, 0.05) is 30.1 Å². The van der Waals surface area contributed by atoms with Crippen LogP contribution in [0.5, 0.6) is 0 Å². The van der Waals surface area contributed by atoms with Gasteiger partial charge in [0.25, 0.3) is 0 Å². The number of halogens is 1. The lowest BCUT2D eigenvalue weighted by Gasteiger charge is -2.32. The predicted molar refractivity (Wildman–Crippen MR) is 137 cm³/mol. The molecular formula is C25H34ClN3O4S. The number of amides is 2. The fraction of sp³-hybridized carbons (Fsp3) is 0.440. The molecule has 1 atom stereocenters. The van der Waals surface area contributed by atoms with Gasteiger partial charge in [-0.3, -0.25) is 13.9 Å². The van der Waals surface area contributed by atoms with Gasteiger partial charge in [-0.15, -0.1) is 0 Å². The number of benzene rings is 2. The van der Waals surface area contributed by atoms with Crippen molar-refractivity contribution in [2.45, 2.75) is 58.7 Å². The highest BCUT2D eigenvalue weighted by Crippen LogP contribution is 2.21. The molecule has 0 heterocycles. The van der Waals surface area contributed by atoms with Crippen molar-refractivity contribution in [2.75, 3.05) is 17.1 Å². The van der Waals surface area contributed by atoms with Gasteiger partial charge < -0.3 is 10.2 Å². The molecule has 9 heteroatoms. The lowest BCUT2D eigenvalue weighted by molar-refractivity contribution is -0.141. The molecule has 0 spiro atoms. The molecule has 0 aliphatic heterocycles. The second-order valence-electron chi connectivity index (χ2n) is 9.30. The molecule has 186 valence electrons. The third-order valence-corrected chi connectivity index (χ3v) is 6.72. The molecule has 0 fully saturated rings. The SMILES string of the molecule is C[C@H](C(=O)NC(C)(C)C)N(Cc1ccccc1Cl)C(=O)CCCN(c1ccccc1)S(C)(=O)=O. The van der Waals surface area contributed by atoms with E-state index in [0.29, 0.717) is 17.1 Å². The van der Waals surface area contributed by atoms with E-state index in [4.69, 9.17) is 11.6 Å². The minimum Gasteiger partial charge on any atom is -0.350 e. The molecule has 1 N–H and O–H groups in total. The van der Waals surface area contributed by atoms with Gasteiger partial charge >= 0.3 is 0 Å². The number of nitrogens with zero attached hydrogens (tertiary/aromatic N) is 2. The maximum atomic E-state index is 13.3. The van der Waals surface area contributed by atoms with E-state index in [1.54, 1.807) is 43.3 Å². The van der Waals surface area contributed by atoms with Crippen molar-refractivity contribution in [3.05, 3.63) is 65.2 Å². The molecule has 0 bridgehead atoms. The Bertz CT molecular complexity index is 1080. The second-order valence-corrected chi connectivity index (χ2v) is 11.6. The van der Waals surface area contributed by atoms with Gasteiger partial charge in [-0.25, -0.2) is 8.42 Å². The Morgan fingerprint density at radius 2 is 1.62 bits per heavy atom. The normalized spacial score (nSPS) is 12.6.